The second-order valence-corrected chi connectivity index (χ2v) is 4.28. The summed E-state index contributed by atoms with van der Waals surface area (Å²) >= 11 is 5.72. The normalized spacial score (nSPS) is 11.6. The lowest BCUT2D eigenvalue weighted by molar-refractivity contribution is -0.142. The van der Waals surface area contributed by atoms with Gasteiger partial charge in [-0.2, -0.15) is 0 Å². The standard InChI is InChI=1S/C15H15ClO4/c1-2-20-15(19)10-8-13(17)7-9-14(18)11-3-5-12(16)6-4-11/h3-9,17H,2,10H2,1H3. The van der Waals surface area contributed by atoms with Crippen LogP contribution in [0.15, 0.2) is 48.3 Å². The molecule has 0 atom stereocenters. The first-order chi connectivity index (χ1) is 9.52. The highest BCUT2D eigenvalue weighted by Gasteiger charge is 2.02. The van der Waals surface area contributed by atoms with Crippen LogP contribution in [0.1, 0.15) is 23.7 Å². The number of ketones is 1. The lowest BCUT2D eigenvalue weighted by Gasteiger charge is -1.98. The molecule has 0 saturated heterocycles. The molecule has 0 aliphatic rings. The Kier molecular flexibility index (Phi) is 6.53. The molecule has 0 aliphatic carbocycles. The summed E-state index contributed by atoms with van der Waals surface area (Å²) < 4.78 is 4.70. The molecular weight excluding hydrogens is 280 g/mol. The van der Waals surface area contributed by atoms with Crippen molar-refractivity contribution in [1.29, 1.82) is 0 Å². The lowest BCUT2D eigenvalue weighted by atomic mass is 10.1. The third kappa shape index (κ3) is 5.71. The smallest absolute Gasteiger partial charge is 0.309 e. The van der Waals surface area contributed by atoms with E-state index < -0.39 is 5.97 Å². The third-order valence-electron chi connectivity index (χ3n) is 2.32. The van der Waals surface area contributed by atoms with Crippen molar-refractivity contribution in [3.63, 3.8) is 0 Å². The molecule has 0 bridgehead atoms. The number of carbonyl (C=O) groups is 2. The van der Waals surface area contributed by atoms with Crippen LogP contribution in [0, 0.1) is 0 Å². The summed E-state index contributed by atoms with van der Waals surface area (Å²) in [4.78, 5) is 22.8. The van der Waals surface area contributed by atoms with Crippen LogP contribution in [0.2, 0.25) is 5.02 Å². The summed E-state index contributed by atoms with van der Waals surface area (Å²) in [6.45, 7) is 1.99. The molecule has 0 aromatic heterocycles. The highest BCUT2D eigenvalue weighted by atomic mass is 35.5. The topological polar surface area (TPSA) is 63.6 Å². The number of aliphatic hydroxyl groups excluding tert-OH is 1. The van der Waals surface area contributed by atoms with E-state index in [1.165, 1.54) is 18.2 Å². The number of hydrogen-bond donors (Lipinski definition) is 1. The molecule has 0 aliphatic heterocycles. The van der Waals surface area contributed by atoms with E-state index in [2.05, 4.69) is 0 Å². The van der Waals surface area contributed by atoms with Crippen LogP contribution >= 0.6 is 11.6 Å². The summed E-state index contributed by atoms with van der Waals surface area (Å²) in [5, 5.41) is 10.0. The van der Waals surface area contributed by atoms with Crippen LogP contribution in [-0.4, -0.2) is 23.5 Å². The van der Waals surface area contributed by atoms with Crippen molar-refractivity contribution in [3.8, 4) is 0 Å². The van der Waals surface area contributed by atoms with Crippen molar-refractivity contribution in [2.75, 3.05) is 6.61 Å². The van der Waals surface area contributed by atoms with Gasteiger partial charge in [-0.25, -0.2) is 0 Å². The van der Waals surface area contributed by atoms with Crippen molar-refractivity contribution in [2.24, 2.45) is 0 Å². The Labute approximate surface area is 122 Å². The van der Waals surface area contributed by atoms with E-state index in [9.17, 15) is 14.7 Å². The van der Waals surface area contributed by atoms with E-state index in [1.807, 2.05) is 0 Å². The van der Waals surface area contributed by atoms with Crippen LogP contribution in [-0.2, 0) is 9.53 Å². The van der Waals surface area contributed by atoms with Crippen molar-refractivity contribution >= 4 is 23.4 Å². The molecule has 0 radical (unpaired) electrons. The molecule has 5 heteroatoms. The van der Waals surface area contributed by atoms with Gasteiger partial charge in [-0.3, -0.25) is 9.59 Å². The van der Waals surface area contributed by atoms with Gasteiger partial charge >= 0.3 is 5.97 Å². The van der Waals surface area contributed by atoms with Gasteiger partial charge in [0.15, 0.2) is 5.78 Å². The molecule has 0 amide bonds. The SMILES string of the molecule is CCOC(=O)CC=C(O)C=CC(=O)c1ccc(Cl)cc1. The fourth-order valence-electron chi connectivity index (χ4n) is 1.35. The average molecular weight is 295 g/mol. The highest BCUT2D eigenvalue weighted by molar-refractivity contribution is 6.30. The van der Waals surface area contributed by atoms with Crippen LogP contribution < -0.4 is 0 Å². The zero-order valence-electron chi connectivity index (χ0n) is 11.0. The first-order valence-corrected chi connectivity index (χ1v) is 6.43. The second-order valence-electron chi connectivity index (χ2n) is 3.84. The zero-order valence-corrected chi connectivity index (χ0v) is 11.8. The Bertz CT molecular complexity index is 529. The molecule has 20 heavy (non-hydrogen) atoms. The number of aliphatic hydroxyl groups is 1. The van der Waals surface area contributed by atoms with Gasteiger partial charge in [0.05, 0.1) is 13.0 Å². The van der Waals surface area contributed by atoms with Crippen LogP contribution in [0.3, 0.4) is 0 Å². The number of carbonyl (C=O) groups excluding carboxylic acids is 2. The Morgan fingerprint density at radius 2 is 1.90 bits per heavy atom. The number of rotatable bonds is 6. The minimum atomic E-state index is -0.434. The summed E-state index contributed by atoms with van der Waals surface area (Å²) in [6.07, 6.45) is 3.69. The van der Waals surface area contributed by atoms with E-state index in [1.54, 1.807) is 31.2 Å². The Morgan fingerprint density at radius 1 is 1.25 bits per heavy atom. The van der Waals surface area contributed by atoms with E-state index in [4.69, 9.17) is 16.3 Å². The van der Waals surface area contributed by atoms with Crippen molar-refractivity contribution in [1.82, 2.24) is 0 Å². The van der Waals surface area contributed by atoms with Gasteiger partial charge in [-0.15, -0.1) is 0 Å². The fraction of sp³-hybridized carbons (Fsp3) is 0.200. The lowest BCUT2D eigenvalue weighted by Crippen LogP contribution is -2.02. The van der Waals surface area contributed by atoms with Gasteiger partial charge < -0.3 is 9.84 Å². The summed E-state index contributed by atoms with van der Waals surface area (Å²) in [5.74, 6) is -0.866. The molecule has 1 N–H and O–H groups in total. The van der Waals surface area contributed by atoms with E-state index in [-0.39, 0.29) is 18.0 Å². The number of hydrogen-bond acceptors (Lipinski definition) is 4. The molecule has 0 spiro atoms. The number of benzene rings is 1. The maximum absolute atomic E-state index is 11.7. The minimum Gasteiger partial charge on any atom is -0.508 e. The van der Waals surface area contributed by atoms with Gasteiger partial charge in [0.2, 0.25) is 0 Å². The minimum absolute atomic E-state index is 0.0425. The maximum atomic E-state index is 11.7. The van der Waals surface area contributed by atoms with Crippen molar-refractivity contribution in [2.45, 2.75) is 13.3 Å². The molecule has 0 unspecified atom stereocenters. The molecule has 1 aromatic carbocycles. The molecule has 106 valence electrons. The van der Waals surface area contributed by atoms with Gasteiger partial charge in [-0.05, 0) is 49.4 Å². The second kappa shape index (κ2) is 8.17. The van der Waals surface area contributed by atoms with E-state index >= 15 is 0 Å². The number of halogens is 1. The molecule has 0 heterocycles. The molecule has 0 fully saturated rings. The first-order valence-electron chi connectivity index (χ1n) is 6.05. The Hall–Kier alpha value is -2.07. The number of esters is 1. The van der Waals surface area contributed by atoms with Crippen molar-refractivity contribution in [3.05, 3.63) is 58.8 Å². The predicted octanol–water partition coefficient (Wildman–Crippen LogP) is 3.47. The van der Waals surface area contributed by atoms with Crippen molar-refractivity contribution < 1.29 is 19.4 Å². The van der Waals surface area contributed by atoms with Gasteiger partial charge in [-0.1, -0.05) is 11.6 Å². The third-order valence-corrected chi connectivity index (χ3v) is 2.57. The van der Waals surface area contributed by atoms with Crippen LogP contribution in [0.4, 0.5) is 0 Å². The van der Waals surface area contributed by atoms with Gasteiger partial charge in [0.1, 0.15) is 5.76 Å². The largest absolute Gasteiger partial charge is 0.508 e. The van der Waals surface area contributed by atoms with E-state index in [0.29, 0.717) is 17.2 Å². The summed E-state index contributed by atoms with van der Waals surface area (Å²) in [5.41, 5.74) is 0.462. The molecule has 4 nitrogen and oxygen atoms in total. The number of allylic oxidation sites excluding steroid dienone is 2. The van der Waals surface area contributed by atoms with Gasteiger partial charge in [0.25, 0.3) is 0 Å². The zero-order chi connectivity index (χ0) is 15.0. The first kappa shape index (κ1) is 16.0. The van der Waals surface area contributed by atoms with E-state index in [0.717, 1.165) is 0 Å². The maximum Gasteiger partial charge on any atom is 0.309 e. The quantitative estimate of drug-likeness (QED) is 0.287. The molecule has 1 aromatic rings. The molecular formula is C15H15ClO4. The predicted molar refractivity (Wildman–Crippen MR) is 76.9 cm³/mol. The van der Waals surface area contributed by atoms with Gasteiger partial charge in [0, 0.05) is 10.6 Å². The number of ether oxygens (including phenoxy) is 1. The summed E-state index contributed by atoms with van der Waals surface area (Å²) in [7, 11) is 0. The fourth-order valence-corrected chi connectivity index (χ4v) is 1.47. The highest BCUT2D eigenvalue weighted by Crippen LogP contribution is 2.10. The Balaban J connectivity index is 2.58. The summed E-state index contributed by atoms with van der Waals surface area (Å²) in [6, 6.07) is 6.40. The Morgan fingerprint density at radius 3 is 2.50 bits per heavy atom. The monoisotopic (exact) mass is 294 g/mol. The van der Waals surface area contributed by atoms with Crippen LogP contribution in [0.5, 0.6) is 0 Å². The average Bonchev–Trinajstić information content (AvgIpc) is 2.43. The molecule has 1 rings (SSSR count). The van der Waals surface area contributed by atoms with Crippen LogP contribution in [0.25, 0.3) is 0 Å². The molecule has 0 saturated carbocycles.